The van der Waals surface area contributed by atoms with Crippen LogP contribution >= 0.6 is 0 Å². The summed E-state index contributed by atoms with van der Waals surface area (Å²) < 4.78 is 8.45. The minimum atomic E-state index is -1.44. The van der Waals surface area contributed by atoms with Crippen molar-refractivity contribution in [2.45, 2.75) is 59.2 Å². The second kappa shape index (κ2) is 17.1. The third-order valence-electron chi connectivity index (χ3n) is 12.6. The van der Waals surface area contributed by atoms with Crippen LogP contribution < -0.4 is 5.19 Å². The second-order valence-corrected chi connectivity index (χ2v) is 23.8. The number of imidazole rings is 1. The summed E-state index contributed by atoms with van der Waals surface area (Å²) in [6.07, 6.45) is 3.18. The van der Waals surface area contributed by atoms with Crippen molar-refractivity contribution in [1.82, 2.24) is 14.5 Å². The second-order valence-electron chi connectivity index (χ2n) is 18.8. The number of aromatic nitrogens is 3. The SMILES string of the molecule is CC(C)Cc1cc(-c2[c-]ccc3c2oc2ccccc23)ncc1[Si](C)(C)C.CC1(C)c2c[c-]c(-c3nc4ccccc4n3-c3ccc(-c4ccccc4)cc3)cc2-c2ccccc21.[Ir]. The fourth-order valence-electron chi connectivity index (χ4n) is 9.47. The van der Waals surface area contributed by atoms with E-state index in [9.17, 15) is 0 Å². The molecule has 1 radical (unpaired) electrons. The maximum absolute atomic E-state index is 6.19. The third kappa shape index (κ3) is 7.78. The van der Waals surface area contributed by atoms with Crippen LogP contribution in [0.1, 0.15) is 44.4 Å². The molecule has 0 saturated heterocycles. The average Bonchev–Trinajstić information content (AvgIpc) is 3.94. The number of fused-ring (bicyclic) bond motifs is 7. The fourth-order valence-corrected chi connectivity index (χ4v) is 11.1. The van der Waals surface area contributed by atoms with Crippen molar-refractivity contribution in [3.05, 3.63) is 193 Å². The molecule has 64 heavy (non-hydrogen) atoms. The van der Waals surface area contributed by atoms with Gasteiger partial charge >= 0.3 is 0 Å². The van der Waals surface area contributed by atoms with Crippen molar-refractivity contribution in [3.8, 4) is 50.6 Å². The molecular weight excluding hydrogens is 975 g/mol. The van der Waals surface area contributed by atoms with Crippen molar-refractivity contribution in [1.29, 1.82) is 0 Å². The Bertz CT molecular complexity index is 3300. The van der Waals surface area contributed by atoms with Crippen molar-refractivity contribution < 1.29 is 24.5 Å². The molecule has 3 heterocycles. The van der Waals surface area contributed by atoms with E-state index in [1.165, 1.54) is 44.1 Å². The normalized spacial score (nSPS) is 12.8. The van der Waals surface area contributed by atoms with Gasteiger partial charge in [0.2, 0.25) is 0 Å². The molecule has 7 aromatic carbocycles. The van der Waals surface area contributed by atoms with Gasteiger partial charge in [-0.15, -0.1) is 47.5 Å². The Balaban J connectivity index is 0.000000166. The first-order valence-electron chi connectivity index (χ1n) is 22.1. The average molecular weight is 1030 g/mol. The Morgan fingerprint density at radius 3 is 2.19 bits per heavy atom. The van der Waals surface area contributed by atoms with Gasteiger partial charge in [-0.3, -0.25) is 4.98 Å². The zero-order chi connectivity index (χ0) is 43.5. The molecule has 0 amide bonds. The van der Waals surface area contributed by atoms with Gasteiger partial charge in [-0.05, 0) is 81.2 Å². The maximum atomic E-state index is 6.19. The molecule has 0 fully saturated rings. The molecule has 0 atom stereocenters. The first-order chi connectivity index (χ1) is 30.5. The summed E-state index contributed by atoms with van der Waals surface area (Å²) in [5.74, 6) is 1.52. The number of hydrogen-bond donors (Lipinski definition) is 0. The first kappa shape index (κ1) is 43.1. The van der Waals surface area contributed by atoms with Crippen LogP contribution in [-0.2, 0) is 31.9 Å². The Labute approximate surface area is 391 Å². The molecule has 1 aliphatic carbocycles. The molecular formula is C58H51IrN3OSi-2. The van der Waals surface area contributed by atoms with E-state index in [1.807, 2.05) is 24.3 Å². The molecule has 0 unspecified atom stereocenters. The van der Waals surface area contributed by atoms with Crippen LogP contribution in [0.4, 0.5) is 0 Å². The summed E-state index contributed by atoms with van der Waals surface area (Å²) in [7, 11) is -1.44. The molecule has 11 rings (SSSR count). The van der Waals surface area contributed by atoms with Gasteiger partial charge in [0.15, 0.2) is 0 Å². The van der Waals surface area contributed by atoms with Crippen LogP contribution in [0.5, 0.6) is 0 Å². The fraction of sp³-hybridized carbons (Fsp3) is 0.172. The van der Waals surface area contributed by atoms with Gasteiger partial charge in [0.05, 0.1) is 30.5 Å². The van der Waals surface area contributed by atoms with Gasteiger partial charge in [0.1, 0.15) is 5.58 Å². The number of nitrogens with zero attached hydrogens (tertiary/aromatic N) is 3. The number of hydrogen-bond acceptors (Lipinski definition) is 3. The monoisotopic (exact) mass is 1030 g/mol. The summed E-state index contributed by atoms with van der Waals surface area (Å²) in [5.41, 5.74) is 17.0. The van der Waals surface area contributed by atoms with E-state index >= 15 is 0 Å². The van der Waals surface area contributed by atoms with Gasteiger partial charge in [0, 0.05) is 37.4 Å². The molecule has 4 nitrogen and oxygen atoms in total. The standard InChI is InChI=1S/C34H25N2.C24H26NOSi.Ir/c1-34(2)29-13-7-6-12-27(29)28-22-25(18-21-30(28)34)33-35-31-14-8-9-15-32(31)36(33)26-19-16-24(17-20-26)23-10-4-3-5-11-23;1-16(2)13-17-14-21(25-15-23(17)27(3,4)5)20-11-8-10-19-18-9-6-7-12-22(18)26-24(19)20;/h3-17,19-22H,1-2H3;6-10,12,14-16H,13H2,1-5H3;/q2*-1;. The largest absolute Gasteiger partial charge is 0.501 e. The topological polar surface area (TPSA) is 43.9 Å². The van der Waals surface area contributed by atoms with Crippen molar-refractivity contribution in [2.24, 2.45) is 5.92 Å². The van der Waals surface area contributed by atoms with E-state index in [1.54, 1.807) is 0 Å². The molecule has 3 aromatic heterocycles. The van der Waals surface area contributed by atoms with Crippen molar-refractivity contribution in [3.63, 3.8) is 0 Å². The number of para-hydroxylation sites is 3. The summed E-state index contributed by atoms with van der Waals surface area (Å²) in [4.78, 5) is 9.94. The Hall–Kier alpha value is -6.17. The summed E-state index contributed by atoms with van der Waals surface area (Å²) >= 11 is 0. The Morgan fingerprint density at radius 1 is 0.703 bits per heavy atom. The molecule has 10 aromatic rings. The predicted molar refractivity (Wildman–Crippen MR) is 266 cm³/mol. The minimum absolute atomic E-state index is 0. The zero-order valence-electron chi connectivity index (χ0n) is 37.5. The molecule has 1 aliphatic rings. The number of benzene rings is 7. The van der Waals surface area contributed by atoms with Crippen LogP contribution in [-0.4, -0.2) is 22.6 Å². The zero-order valence-corrected chi connectivity index (χ0v) is 40.9. The van der Waals surface area contributed by atoms with Crippen molar-refractivity contribution >= 4 is 46.2 Å². The molecule has 0 aliphatic heterocycles. The predicted octanol–water partition coefficient (Wildman–Crippen LogP) is 14.7. The maximum Gasteiger partial charge on any atom is 0.120 e. The molecule has 0 spiro atoms. The van der Waals surface area contributed by atoms with Crippen LogP contribution in [0.2, 0.25) is 19.6 Å². The third-order valence-corrected chi connectivity index (χ3v) is 14.6. The molecule has 0 N–H and O–H groups in total. The van der Waals surface area contributed by atoms with Gasteiger partial charge < -0.3 is 14.0 Å². The Morgan fingerprint density at radius 2 is 1.41 bits per heavy atom. The quantitative estimate of drug-likeness (QED) is 0.118. The molecule has 6 heteroatoms. The van der Waals surface area contributed by atoms with Gasteiger partial charge in [-0.2, -0.15) is 0 Å². The van der Waals surface area contributed by atoms with E-state index in [-0.39, 0.29) is 25.5 Å². The first-order valence-corrected chi connectivity index (χ1v) is 25.6. The van der Waals surface area contributed by atoms with E-state index in [0.717, 1.165) is 67.7 Å². The summed E-state index contributed by atoms with van der Waals surface area (Å²) in [5, 5.41) is 3.72. The van der Waals surface area contributed by atoms with Gasteiger partial charge in [-0.1, -0.05) is 173 Å². The van der Waals surface area contributed by atoms with E-state index in [2.05, 4.69) is 204 Å². The van der Waals surface area contributed by atoms with E-state index < -0.39 is 8.07 Å². The Kier molecular flexibility index (Phi) is 11.5. The summed E-state index contributed by atoms with van der Waals surface area (Å²) in [6, 6.07) is 62.3. The van der Waals surface area contributed by atoms with Crippen LogP contribution in [0, 0.1) is 18.1 Å². The van der Waals surface area contributed by atoms with Gasteiger partial charge in [0.25, 0.3) is 0 Å². The summed E-state index contributed by atoms with van der Waals surface area (Å²) in [6.45, 7) is 16.3. The minimum Gasteiger partial charge on any atom is -0.501 e. The van der Waals surface area contributed by atoms with Gasteiger partial charge in [-0.25, -0.2) is 0 Å². The van der Waals surface area contributed by atoms with Crippen LogP contribution in [0.3, 0.4) is 0 Å². The molecule has 0 saturated carbocycles. The number of furan rings is 1. The van der Waals surface area contributed by atoms with E-state index in [0.29, 0.717) is 5.92 Å². The van der Waals surface area contributed by atoms with Crippen LogP contribution in [0.15, 0.2) is 168 Å². The molecule has 0 bridgehead atoms. The smallest absolute Gasteiger partial charge is 0.120 e. The number of pyridine rings is 1. The van der Waals surface area contributed by atoms with Crippen LogP contribution in [0.25, 0.3) is 83.6 Å². The molecule has 319 valence electrons. The number of rotatable bonds is 7. The van der Waals surface area contributed by atoms with Crippen molar-refractivity contribution in [2.75, 3.05) is 0 Å². The van der Waals surface area contributed by atoms with E-state index in [4.69, 9.17) is 14.4 Å².